The number of hydrogen-bond donors (Lipinski definition) is 0. The fraction of sp³-hybridized carbons (Fsp3) is 0. The summed E-state index contributed by atoms with van der Waals surface area (Å²) >= 11 is 1.45. The van der Waals surface area contributed by atoms with Crippen molar-refractivity contribution in [1.82, 2.24) is 4.57 Å². The number of aromatic nitrogens is 1. The molecule has 0 saturated carbocycles. The number of hydrogen-bond acceptors (Lipinski definition) is 3. The molecular weight excluding hydrogens is 246 g/mol. The van der Waals surface area contributed by atoms with Gasteiger partial charge in [-0.2, -0.15) is 0 Å². The summed E-state index contributed by atoms with van der Waals surface area (Å²) in [5, 5.41) is 6.32. The first-order chi connectivity index (χ1) is 8.90. The van der Waals surface area contributed by atoms with Gasteiger partial charge in [-0.05, 0) is 24.3 Å². The Kier molecular flexibility index (Phi) is 2.74. The Hall–Kier alpha value is -2.27. The lowest BCUT2D eigenvalue weighted by molar-refractivity contribution is 0.989. The van der Waals surface area contributed by atoms with Crippen LogP contribution in [0.3, 0.4) is 0 Å². The molecule has 0 N–H and O–H groups in total. The van der Waals surface area contributed by atoms with E-state index in [1.165, 1.54) is 11.3 Å². The zero-order valence-electron chi connectivity index (χ0n) is 9.35. The molecule has 4 nitrogen and oxygen atoms in total. The molecule has 0 aliphatic heterocycles. The van der Waals surface area contributed by atoms with Crippen LogP contribution in [-0.4, -0.2) is 4.57 Å². The first-order valence-corrected chi connectivity index (χ1v) is 6.24. The van der Waals surface area contributed by atoms with Gasteiger partial charge < -0.3 is 0 Å². The van der Waals surface area contributed by atoms with Crippen LogP contribution in [0.5, 0.6) is 0 Å². The van der Waals surface area contributed by atoms with Gasteiger partial charge in [0.15, 0.2) is 0 Å². The predicted octanol–water partition coefficient (Wildman–Crippen LogP) is 3.27. The highest BCUT2D eigenvalue weighted by Crippen LogP contribution is 2.20. The third-order valence-corrected chi connectivity index (χ3v) is 3.65. The maximum Gasteiger partial charge on any atom is 0.219 e. The molecule has 1 heterocycles. The highest BCUT2D eigenvalue weighted by Gasteiger charge is 2.07. The lowest BCUT2D eigenvalue weighted by atomic mass is 10.3. The van der Waals surface area contributed by atoms with E-state index in [1.54, 1.807) is 0 Å². The normalized spacial score (nSPS) is 11.9. The van der Waals surface area contributed by atoms with Crippen molar-refractivity contribution >= 4 is 21.6 Å². The molecular formula is C13H9N3OS. The molecule has 5 heteroatoms. The molecule has 0 saturated heterocycles. The lowest BCUT2D eigenvalue weighted by Gasteiger charge is -2.03. The van der Waals surface area contributed by atoms with Crippen LogP contribution in [0.15, 0.2) is 65.0 Å². The van der Waals surface area contributed by atoms with Gasteiger partial charge in [-0.25, -0.2) is 0 Å². The van der Waals surface area contributed by atoms with Crippen LogP contribution < -0.4 is 4.80 Å². The summed E-state index contributed by atoms with van der Waals surface area (Å²) in [7, 11) is 0. The zero-order valence-corrected chi connectivity index (χ0v) is 10.2. The first-order valence-electron chi connectivity index (χ1n) is 5.42. The quantitative estimate of drug-likeness (QED) is 0.512. The molecule has 1 aromatic heterocycles. The fourth-order valence-electron chi connectivity index (χ4n) is 1.90. The molecule has 0 aliphatic carbocycles. The van der Waals surface area contributed by atoms with Crippen molar-refractivity contribution in [1.29, 1.82) is 0 Å². The second kappa shape index (κ2) is 4.54. The van der Waals surface area contributed by atoms with Gasteiger partial charge in [0.2, 0.25) is 4.80 Å². The van der Waals surface area contributed by atoms with Crippen molar-refractivity contribution in [3.05, 3.63) is 64.3 Å². The van der Waals surface area contributed by atoms with Crippen molar-refractivity contribution in [3.63, 3.8) is 0 Å². The number of nitroso groups, excluding NO2 is 1. The molecule has 0 aliphatic rings. The molecule has 0 amide bonds. The summed E-state index contributed by atoms with van der Waals surface area (Å²) < 4.78 is 3.00. The number of rotatable bonds is 2. The van der Waals surface area contributed by atoms with E-state index in [0.717, 1.165) is 15.9 Å². The van der Waals surface area contributed by atoms with Gasteiger partial charge in [-0.3, -0.25) is 4.57 Å². The number of fused-ring (bicyclic) bond motifs is 1. The molecule has 0 bridgehead atoms. The molecule has 0 radical (unpaired) electrons. The Morgan fingerprint density at radius 1 is 0.944 bits per heavy atom. The Morgan fingerprint density at radius 3 is 2.44 bits per heavy atom. The molecule has 3 rings (SSSR count). The Bertz CT molecular complexity index is 759. The average molecular weight is 255 g/mol. The van der Waals surface area contributed by atoms with Crippen molar-refractivity contribution in [2.24, 2.45) is 10.4 Å². The standard InChI is InChI=1S/C13H9N3OS/c17-15-14-13-16(10-6-2-1-3-7-10)11-8-4-5-9-12(11)18-13/h1-9H/b14-13-. The zero-order chi connectivity index (χ0) is 12.4. The second-order valence-corrected chi connectivity index (χ2v) is 4.71. The minimum absolute atomic E-state index is 0.581. The van der Waals surface area contributed by atoms with Gasteiger partial charge in [0.25, 0.3) is 0 Å². The number of benzene rings is 2. The van der Waals surface area contributed by atoms with Gasteiger partial charge in [0, 0.05) is 5.69 Å². The average Bonchev–Trinajstić information content (AvgIpc) is 2.78. The topological polar surface area (TPSA) is 46.7 Å². The third-order valence-electron chi connectivity index (χ3n) is 2.64. The summed E-state index contributed by atoms with van der Waals surface area (Å²) in [4.78, 5) is 11.0. The van der Waals surface area contributed by atoms with E-state index < -0.39 is 0 Å². The van der Waals surface area contributed by atoms with E-state index in [9.17, 15) is 4.91 Å². The summed E-state index contributed by atoms with van der Waals surface area (Å²) in [5.41, 5.74) is 1.99. The maximum absolute atomic E-state index is 10.4. The minimum Gasteiger partial charge on any atom is -0.284 e. The van der Waals surface area contributed by atoms with E-state index in [-0.39, 0.29) is 0 Å². The van der Waals surface area contributed by atoms with Crippen molar-refractivity contribution in [3.8, 4) is 5.69 Å². The van der Waals surface area contributed by atoms with Crippen LogP contribution in [-0.2, 0) is 0 Å². The van der Waals surface area contributed by atoms with Gasteiger partial charge >= 0.3 is 0 Å². The van der Waals surface area contributed by atoms with Crippen molar-refractivity contribution in [2.45, 2.75) is 0 Å². The second-order valence-electron chi connectivity index (χ2n) is 3.70. The van der Waals surface area contributed by atoms with Crippen molar-refractivity contribution in [2.75, 3.05) is 0 Å². The van der Waals surface area contributed by atoms with Crippen LogP contribution in [0.1, 0.15) is 0 Å². The van der Waals surface area contributed by atoms with E-state index in [4.69, 9.17) is 0 Å². The van der Waals surface area contributed by atoms with Crippen LogP contribution in [0.25, 0.3) is 15.9 Å². The summed E-state index contributed by atoms with van der Waals surface area (Å²) in [6.07, 6.45) is 0. The molecule has 88 valence electrons. The fourth-order valence-corrected chi connectivity index (χ4v) is 2.88. The Morgan fingerprint density at radius 2 is 1.67 bits per heavy atom. The summed E-state index contributed by atoms with van der Waals surface area (Å²) in [5.74, 6) is 0. The SMILES string of the molecule is O=N/N=c1\sc2ccccc2n1-c1ccccc1. The summed E-state index contributed by atoms with van der Waals surface area (Å²) in [6.45, 7) is 0. The molecule has 0 fully saturated rings. The minimum atomic E-state index is 0.581. The highest BCUT2D eigenvalue weighted by molar-refractivity contribution is 7.16. The van der Waals surface area contributed by atoms with Crippen LogP contribution >= 0.6 is 11.3 Å². The molecule has 3 aromatic rings. The smallest absolute Gasteiger partial charge is 0.219 e. The van der Waals surface area contributed by atoms with E-state index >= 15 is 0 Å². The summed E-state index contributed by atoms with van der Waals surface area (Å²) in [6, 6.07) is 17.7. The third kappa shape index (κ3) is 1.74. The lowest BCUT2D eigenvalue weighted by Crippen LogP contribution is -2.11. The predicted molar refractivity (Wildman–Crippen MR) is 72.5 cm³/mol. The number of para-hydroxylation sites is 2. The molecule has 0 spiro atoms. The Balaban J connectivity index is 2.42. The van der Waals surface area contributed by atoms with Gasteiger partial charge in [0.05, 0.1) is 15.5 Å². The number of thiazole rings is 1. The van der Waals surface area contributed by atoms with Gasteiger partial charge in [-0.15, -0.1) is 4.91 Å². The van der Waals surface area contributed by atoms with Crippen LogP contribution in [0, 0.1) is 4.91 Å². The van der Waals surface area contributed by atoms with Crippen LogP contribution in [0.4, 0.5) is 0 Å². The molecule has 2 aromatic carbocycles. The van der Waals surface area contributed by atoms with E-state index in [0.29, 0.717) is 4.80 Å². The Labute approximate surface area is 107 Å². The molecule has 0 atom stereocenters. The maximum atomic E-state index is 10.4. The van der Waals surface area contributed by atoms with E-state index in [2.05, 4.69) is 10.4 Å². The van der Waals surface area contributed by atoms with Gasteiger partial charge in [-0.1, -0.05) is 46.8 Å². The monoisotopic (exact) mass is 255 g/mol. The molecule has 18 heavy (non-hydrogen) atoms. The molecule has 0 unspecified atom stereocenters. The highest BCUT2D eigenvalue weighted by atomic mass is 32.1. The van der Waals surface area contributed by atoms with Gasteiger partial charge in [0.1, 0.15) is 0 Å². The van der Waals surface area contributed by atoms with Crippen LogP contribution in [0.2, 0.25) is 0 Å². The number of nitrogens with zero attached hydrogens (tertiary/aromatic N) is 3. The van der Waals surface area contributed by atoms with Crippen molar-refractivity contribution < 1.29 is 0 Å². The largest absolute Gasteiger partial charge is 0.284 e. The first kappa shape index (κ1) is 10.9. The van der Waals surface area contributed by atoms with E-state index in [1.807, 2.05) is 59.2 Å².